The molecule has 1 heterocycles. The highest BCUT2D eigenvalue weighted by Gasteiger charge is 2.23. The molecule has 20 heavy (non-hydrogen) atoms. The minimum absolute atomic E-state index is 0.0973. The molecule has 0 aromatic heterocycles. The third-order valence-corrected chi connectivity index (χ3v) is 5.12. The van der Waals surface area contributed by atoms with Gasteiger partial charge >= 0.3 is 0 Å². The van der Waals surface area contributed by atoms with Crippen molar-refractivity contribution in [3.8, 4) is 0 Å². The molecule has 1 aliphatic rings. The molecule has 0 spiro atoms. The fraction of sp³-hybridized carbons (Fsp3) is 0.294. The summed E-state index contributed by atoms with van der Waals surface area (Å²) >= 11 is 1.62. The Morgan fingerprint density at radius 3 is 2.80 bits per heavy atom. The van der Waals surface area contributed by atoms with Gasteiger partial charge in [-0.2, -0.15) is 0 Å². The van der Waals surface area contributed by atoms with Gasteiger partial charge in [-0.15, -0.1) is 11.8 Å². The van der Waals surface area contributed by atoms with Crippen LogP contribution in [-0.4, -0.2) is 5.75 Å². The Balaban J connectivity index is 1.94. The molecule has 1 unspecified atom stereocenters. The molecule has 0 bridgehead atoms. The molecule has 1 aliphatic heterocycles. The highest BCUT2D eigenvalue weighted by Crippen LogP contribution is 2.39. The Morgan fingerprint density at radius 2 is 1.95 bits per heavy atom. The van der Waals surface area contributed by atoms with E-state index >= 15 is 0 Å². The van der Waals surface area contributed by atoms with Crippen LogP contribution in [0.25, 0.3) is 0 Å². The molecule has 0 saturated heterocycles. The van der Waals surface area contributed by atoms with Crippen LogP contribution in [0.3, 0.4) is 0 Å². The Kier molecular flexibility index (Phi) is 3.70. The number of hydrogen-bond donors (Lipinski definition) is 1. The van der Waals surface area contributed by atoms with Gasteiger partial charge in [0.05, 0.1) is 6.04 Å². The van der Waals surface area contributed by atoms with Crippen LogP contribution in [0.4, 0.5) is 10.1 Å². The van der Waals surface area contributed by atoms with Gasteiger partial charge in [-0.05, 0) is 49.1 Å². The van der Waals surface area contributed by atoms with E-state index in [-0.39, 0.29) is 11.9 Å². The maximum atomic E-state index is 13.9. The molecule has 2 aromatic rings. The fourth-order valence-electron chi connectivity index (χ4n) is 2.63. The van der Waals surface area contributed by atoms with Crippen LogP contribution in [0.15, 0.2) is 41.3 Å². The number of aryl methyl sites for hydroxylation is 1. The number of anilines is 1. The molecule has 0 aliphatic carbocycles. The van der Waals surface area contributed by atoms with Crippen LogP contribution >= 0.6 is 11.8 Å². The predicted molar refractivity (Wildman–Crippen MR) is 84.0 cm³/mol. The molecule has 1 atom stereocenters. The quantitative estimate of drug-likeness (QED) is 0.825. The van der Waals surface area contributed by atoms with Crippen molar-refractivity contribution < 1.29 is 4.39 Å². The first-order valence-corrected chi connectivity index (χ1v) is 7.89. The summed E-state index contributed by atoms with van der Waals surface area (Å²) in [5, 5.41) is 3.59. The monoisotopic (exact) mass is 287 g/mol. The second kappa shape index (κ2) is 5.49. The highest BCUT2D eigenvalue weighted by molar-refractivity contribution is 7.99. The lowest BCUT2D eigenvalue weighted by Crippen LogP contribution is -2.17. The number of halogens is 1. The van der Waals surface area contributed by atoms with E-state index in [0.717, 1.165) is 28.3 Å². The number of nitrogens with one attached hydrogen (secondary N) is 1. The first kappa shape index (κ1) is 13.5. The standard InChI is InChI=1S/C17H18FNS/c1-11-5-3-8-15(12(11)2)19-16-9-10-20-17-13(16)6-4-7-14(17)18/h3-8,16,19H,9-10H2,1-2H3. The number of fused-ring (bicyclic) bond motifs is 1. The van der Waals surface area contributed by atoms with E-state index in [1.165, 1.54) is 11.1 Å². The number of rotatable bonds is 2. The van der Waals surface area contributed by atoms with Crippen LogP contribution in [-0.2, 0) is 0 Å². The van der Waals surface area contributed by atoms with Crippen molar-refractivity contribution >= 4 is 17.4 Å². The second-order valence-electron chi connectivity index (χ2n) is 5.24. The molecule has 0 fully saturated rings. The lowest BCUT2D eigenvalue weighted by atomic mass is 10.0. The van der Waals surface area contributed by atoms with Gasteiger partial charge in [0.2, 0.25) is 0 Å². The third kappa shape index (κ3) is 2.42. The molecule has 0 radical (unpaired) electrons. The lowest BCUT2D eigenvalue weighted by molar-refractivity contribution is 0.585. The molecule has 3 heteroatoms. The van der Waals surface area contributed by atoms with E-state index in [4.69, 9.17) is 0 Å². The molecular weight excluding hydrogens is 269 g/mol. The van der Waals surface area contributed by atoms with Crippen LogP contribution < -0.4 is 5.32 Å². The van der Waals surface area contributed by atoms with Crippen molar-refractivity contribution in [3.63, 3.8) is 0 Å². The van der Waals surface area contributed by atoms with Gasteiger partial charge in [-0.25, -0.2) is 4.39 Å². The summed E-state index contributed by atoms with van der Waals surface area (Å²) in [4.78, 5) is 0.807. The SMILES string of the molecule is Cc1cccc(NC2CCSc3c(F)cccc32)c1C. The van der Waals surface area contributed by atoms with Gasteiger partial charge in [-0.3, -0.25) is 0 Å². The first-order valence-electron chi connectivity index (χ1n) is 6.91. The van der Waals surface area contributed by atoms with Gasteiger partial charge in [0, 0.05) is 16.3 Å². The topological polar surface area (TPSA) is 12.0 Å². The van der Waals surface area contributed by atoms with Crippen molar-refractivity contribution in [2.75, 3.05) is 11.1 Å². The Morgan fingerprint density at radius 1 is 1.15 bits per heavy atom. The maximum Gasteiger partial charge on any atom is 0.137 e. The van der Waals surface area contributed by atoms with Gasteiger partial charge in [0.15, 0.2) is 0 Å². The normalized spacial score (nSPS) is 17.6. The maximum absolute atomic E-state index is 13.9. The summed E-state index contributed by atoms with van der Waals surface area (Å²) < 4.78 is 13.9. The summed E-state index contributed by atoms with van der Waals surface area (Å²) in [5.41, 5.74) is 4.78. The summed E-state index contributed by atoms with van der Waals surface area (Å²) in [5.74, 6) is 0.858. The van der Waals surface area contributed by atoms with Crippen molar-refractivity contribution in [3.05, 3.63) is 58.9 Å². The zero-order valence-corrected chi connectivity index (χ0v) is 12.6. The molecule has 1 nitrogen and oxygen atoms in total. The van der Waals surface area contributed by atoms with E-state index in [2.05, 4.69) is 37.4 Å². The minimum atomic E-state index is -0.0973. The number of thioether (sulfide) groups is 1. The molecule has 104 valence electrons. The average Bonchev–Trinajstić information content (AvgIpc) is 2.45. The van der Waals surface area contributed by atoms with Crippen molar-refractivity contribution in [1.29, 1.82) is 0 Å². The van der Waals surface area contributed by atoms with Gasteiger partial charge < -0.3 is 5.32 Å². The number of benzene rings is 2. The predicted octanol–water partition coefficient (Wildman–Crippen LogP) is 5.09. The minimum Gasteiger partial charge on any atom is -0.378 e. The third-order valence-electron chi connectivity index (χ3n) is 3.96. The van der Waals surface area contributed by atoms with Crippen LogP contribution in [0.2, 0.25) is 0 Å². The Bertz CT molecular complexity index is 639. The summed E-state index contributed by atoms with van der Waals surface area (Å²) in [7, 11) is 0. The molecule has 0 amide bonds. The summed E-state index contributed by atoms with van der Waals surface area (Å²) in [6.07, 6.45) is 1.02. The van der Waals surface area contributed by atoms with E-state index in [9.17, 15) is 4.39 Å². The summed E-state index contributed by atoms with van der Waals surface area (Å²) in [6, 6.07) is 11.9. The smallest absolute Gasteiger partial charge is 0.137 e. The van der Waals surface area contributed by atoms with Crippen LogP contribution in [0, 0.1) is 19.7 Å². The summed E-state index contributed by atoms with van der Waals surface area (Å²) in [6.45, 7) is 4.24. The molecule has 3 rings (SSSR count). The second-order valence-corrected chi connectivity index (χ2v) is 6.34. The van der Waals surface area contributed by atoms with Gasteiger partial charge in [0.1, 0.15) is 5.82 Å². The van der Waals surface area contributed by atoms with Gasteiger partial charge in [-0.1, -0.05) is 24.3 Å². The largest absolute Gasteiger partial charge is 0.378 e. The highest BCUT2D eigenvalue weighted by atomic mass is 32.2. The van der Waals surface area contributed by atoms with E-state index < -0.39 is 0 Å². The molecule has 2 aromatic carbocycles. The van der Waals surface area contributed by atoms with E-state index in [0.29, 0.717) is 0 Å². The fourth-order valence-corrected chi connectivity index (χ4v) is 3.77. The zero-order valence-electron chi connectivity index (χ0n) is 11.7. The van der Waals surface area contributed by atoms with Crippen molar-refractivity contribution in [1.82, 2.24) is 0 Å². The van der Waals surface area contributed by atoms with E-state index in [1.807, 2.05) is 6.07 Å². The Hall–Kier alpha value is -1.48. The molecular formula is C17H18FNS. The average molecular weight is 287 g/mol. The number of hydrogen-bond acceptors (Lipinski definition) is 2. The molecule has 0 saturated carbocycles. The van der Waals surface area contributed by atoms with Crippen molar-refractivity contribution in [2.45, 2.75) is 31.2 Å². The molecule has 1 N–H and O–H groups in total. The van der Waals surface area contributed by atoms with Crippen LogP contribution in [0.5, 0.6) is 0 Å². The van der Waals surface area contributed by atoms with E-state index in [1.54, 1.807) is 23.9 Å². The Labute approximate surface area is 123 Å². The lowest BCUT2D eigenvalue weighted by Gasteiger charge is -2.28. The first-order chi connectivity index (χ1) is 9.66. The van der Waals surface area contributed by atoms with Crippen molar-refractivity contribution in [2.24, 2.45) is 0 Å². The van der Waals surface area contributed by atoms with Gasteiger partial charge in [0.25, 0.3) is 0 Å². The van der Waals surface area contributed by atoms with Crippen LogP contribution in [0.1, 0.15) is 29.2 Å². The zero-order chi connectivity index (χ0) is 14.1.